The summed E-state index contributed by atoms with van der Waals surface area (Å²) < 4.78 is 30.0. The van der Waals surface area contributed by atoms with Gasteiger partial charge >= 0.3 is 0 Å². The summed E-state index contributed by atoms with van der Waals surface area (Å²) in [6.45, 7) is 0.755. The van der Waals surface area contributed by atoms with Crippen LogP contribution >= 0.6 is 0 Å². The first kappa shape index (κ1) is 17.9. The average molecular weight is 371 g/mol. The predicted octanol–water partition coefficient (Wildman–Crippen LogP) is 1.41. The van der Waals surface area contributed by atoms with Gasteiger partial charge in [-0.3, -0.25) is 4.79 Å². The number of pyridine rings is 1. The van der Waals surface area contributed by atoms with E-state index in [0.29, 0.717) is 24.5 Å². The van der Waals surface area contributed by atoms with Crippen LogP contribution in [0.3, 0.4) is 0 Å². The summed E-state index contributed by atoms with van der Waals surface area (Å²) in [5, 5.41) is 8.85. The highest BCUT2D eigenvalue weighted by Crippen LogP contribution is 2.18. The van der Waals surface area contributed by atoms with Crippen LogP contribution in [0.15, 0.2) is 53.6 Å². The van der Waals surface area contributed by atoms with Crippen molar-refractivity contribution in [2.75, 3.05) is 18.8 Å². The molecule has 1 aliphatic heterocycles. The van der Waals surface area contributed by atoms with Crippen molar-refractivity contribution in [3.8, 4) is 11.9 Å². The summed E-state index contributed by atoms with van der Waals surface area (Å²) in [4.78, 5) is 18.0. The minimum absolute atomic E-state index is 0.0634. The third kappa shape index (κ3) is 4.18. The molecule has 7 nitrogen and oxygen atoms in total. The van der Waals surface area contributed by atoms with Gasteiger partial charge in [0.25, 0.3) is 0 Å². The van der Waals surface area contributed by atoms with Crippen LogP contribution in [0.4, 0.5) is 0 Å². The number of hydrogen-bond donors (Lipinski definition) is 0. The van der Waals surface area contributed by atoms with Gasteiger partial charge in [-0.05, 0) is 18.2 Å². The Hall–Kier alpha value is -2.92. The van der Waals surface area contributed by atoms with Crippen molar-refractivity contribution in [3.05, 3.63) is 54.2 Å². The van der Waals surface area contributed by atoms with Gasteiger partial charge in [0.05, 0.1) is 35.4 Å². The van der Waals surface area contributed by atoms with Crippen molar-refractivity contribution in [2.24, 2.45) is 0 Å². The number of likely N-dealkylation sites (tertiary alicyclic amines) is 1. The zero-order valence-electron chi connectivity index (χ0n) is 13.9. The number of benzene rings is 1. The zero-order chi connectivity index (χ0) is 18.6. The number of rotatable bonds is 6. The molecular weight excluding hydrogens is 354 g/mol. The minimum Gasteiger partial charge on any atom is -0.471 e. The van der Waals surface area contributed by atoms with E-state index < -0.39 is 9.84 Å². The Kier molecular flexibility index (Phi) is 5.19. The fourth-order valence-corrected chi connectivity index (χ4v) is 3.81. The van der Waals surface area contributed by atoms with E-state index >= 15 is 0 Å². The topological polar surface area (TPSA) is 100 Å². The molecule has 8 heteroatoms. The van der Waals surface area contributed by atoms with Crippen LogP contribution in [-0.4, -0.2) is 49.2 Å². The lowest BCUT2D eigenvalue weighted by molar-refractivity contribution is -0.139. The Morgan fingerprint density at radius 3 is 2.69 bits per heavy atom. The maximum atomic E-state index is 12.2. The van der Waals surface area contributed by atoms with Crippen LogP contribution in [0.25, 0.3) is 0 Å². The molecule has 1 saturated heterocycles. The van der Waals surface area contributed by atoms with Crippen LogP contribution in [0.2, 0.25) is 0 Å². The summed E-state index contributed by atoms with van der Waals surface area (Å²) in [6.07, 6.45) is 1.22. The summed E-state index contributed by atoms with van der Waals surface area (Å²) >= 11 is 0. The normalized spacial score (nSPS) is 14.3. The molecule has 1 aromatic carbocycles. The van der Waals surface area contributed by atoms with Gasteiger partial charge in [-0.25, -0.2) is 13.4 Å². The van der Waals surface area contributed by atoms with Crippen molar-refractivity contribution in [1.29, 1.82) is 5.26 Å². The SMILES string of the molecule is N#Cc1ccnc(OC2CN(C(=O)CCS(=O)(=O)c3ccccc3)C2)c1. The molecule has 0 unspecified atom stereocenters. The maximum absolute atomic E-state index is 12.2. The van der Waals surface area contributed by atoms with Crippen LogP contribution < -0.4 is 4.74 Å². The standard InChI is InChI=1S/C18H17N3O4S/c19-11-14-6-8-20-17(10-14)25-15-12-21(13-15)18(22)7-9-26(23,24)16-4-2-1-3-5-16/h1-6,8,10,15H,7,9,12-13H2. The van der Waals surface area contributed by atoms with Gasteiger partial charge < -0.3 is 9.64 Å². The molecule has 2 heterocycles. The number of hydrogen-bond acceptors (Lipinski definition) is 6. The number of carbonyl (C=O) groups is 1. The Balaban J connectivity index is 1.47. The zero-order valence-corrected chi connectivity index (χ0v) is 14.7. The molecule has 1 aromatic heterocycles. The van der Waals surface area contributed by atoms with Crippen molar-refractivity contribution in [3.63, 3.8) is 0 Å². The Morgan fingerprint density at radius 2 is 2.00 bits per heavy atom. The van der Waals surface area contributed by atoms with Gasteiger partial charge in [0.15, 0.2) is 9.84 Å². The molecule has 1 fully saturated rings. The molecule has 0 aliphatic carbocycles. The third-order valence-corrected chi connectivity index (χ3v) is 5.77. The average Bonchev–Trinajstić information content (AvgIpc) is 2.63. The first-order valence-corrected chi connectivity index (χ1v) is 9.71. The molecule has 2 aromatic rings. The Labute approximate surface area is 151 Å². The van der Waals surface area contributed by atoms with Crippen LogP contribution in [-0.2, 0) is 14.6 Å². The van der Waals surface area contributed by atoms with E-state index in [2.05, 4.69) is 4.98 Å². The van der Waals surface area contributed by atoms with Crippen LogP contribution in [0.5, 0.6) is 5.88 Å². The number of nitrogens with zero attached hydrogens (tertiary/aromatic N) is 3. The fraction of sp³-hybridized carbons (Fsp3) is 0.278. The lowest BCUT2D eigenvalue weighted by Gasteiger charge is -2.38. The van der Waals surface area contributed by atoms with E-state index in [-0.39, 0.29) is 29.1 Å². The van der Waals surface area contributed by atoms with Crippen molar-refractivity contribution < 1.29 is 17.9 Å². The van der Waals surface area contributed by atoms with Crippen LogP contribution in [0, 0.1) is 11.3 Å². The smallest absolute Gasteiger partial charge is 0.223 e. The van der Waals surface area contributed by atoms with Gasteiger partial charge in [-0.2, -0.15) is 5.26 Å². The van der Waals surface area contributed by atoms with E-state index in [9.17, 15) is 13.2 Å². The van der Waals surface area contributed by atoms with E-state index in [4.69, 9.17) is 10.00 Å². The molecule has 0 spiro atoms. The molecule has 0 saturated carbocycles. The highest BCUT2D eigenvalue weighted by atomic mass is 32.2. The van der Waals surface area contributed by atoms with E-state index in [1.807, 2.05) is 6.07 Å². The Bertz CT molecular complexity index is 932. The van der Waals surface area contributed by atoms with Gasteiger partial charge in [0.1, 0.15) is 6.10 Å². The molecule has 0 radical (unpaired) electrons. The molecule has 1 aliphatic rings. The number of ether oxygens (including phenoxy) is 1. The van der Waals surface area contributed by atoms with Gasteiger partial charge in [0, 0.05) is 18.7 Å². The van der Waals surface area contributed by atoms with E-state index in [0.717, 1.165) is 0 Å². The fourth-order valence-electron chi connectivity index (χ4n) is 2.56. The first-order chi connectivity index (χ1) is 12.5. The van der Waals surface area contributed by atoms with Crippen LogP contribution in [0.1, 0.15) is 12.0 Å². The molecule has 0 atom stereocenters. The third-order valence-electron chi connectivity index (χ3n) is 4.04. The Morgan fingerprint density at radius 1 is 1.27 bits per heavy atom. The number of carbonyl (C=O) groups excluding carboxylic acids is 1. The number of sulfone groups is 1. The van der Waals surface area contributed by atoms with E-state index in [1.165, 1.54) is 24.4 Å². The molecular formula is C18H17N3O4S. The molecule has 0 bridgehead atoms. The maximum Gasteiger partial charge on any atom is 0.223 e. The quantitative estimate of drug-likeness (QED) is 0.761. The monoisotopic (exact) mass is 371 g/mol. The lowest BCUT2D eigenvalue weighted by Crippen LogP contribution is -2.56. The molecule has 26 heavy (non-hydrogen) atoms. The van der Waals surface area contributed by atoms with Gasteiger partial charge in [0.2, 0.25) is 11.8 Å². The van der Waals surface area contributed by atoms with E-state index in [1.54, 1.807) is 29.2 Å². The summed E-state index contributed by atoms with van der Waals surface area (Å²) in [5.74, 6) is -0.0974. The van der Waals surface area contributed by atoms with Gasteiger partial charge in [-0.1, -0.05) is 18.2 Å². The van der Waals surface area contributed by atoms with Gasteiger partial charge in [-0.15, -0.1) is 0 Å². The predicted molar refractivity (Wildman–Crippen MR) is 93.1 cm³/mol. The molecule has 0 N–H and O–H groups in total. The second-order valence-electron chi connectivity index (χ2n) is 5.92. The molecule has 134 valence electrons. The number of aromatic nitrogens is 1. The highest BCUT2D eigenvalue weighted by molar-refractivity contribution is 7.91. The lowest BCUT2D eigenvalue weighted by atomic mass is 10.1. The largest absolute Gasteiger partial charge is 0.471 e. The highest BCUT2D eigenvalue weighted by Gasteiger charge is 2.33. The number of nitriles is 1. The molecule has 3 rings (SSSR count). The summed E-state index contributed by atoms with van der Waals surface area (Å²) in [6, 6.07) is 13.2. The summed E-state index contributed by atoms with van der Waals surface area (Å²) in [7, 11) is -3.46. The second-order valence-corrected chi connectivity index (χ2v) is 8.02. The van der Waals surface area contributed by atoms with Crippen molar-refractivity contribution >= 4 is 15.7 Å². The van der Waals surface area contributed by atoms with Crippen molar-refractivity contribution in [1.82, 2.24) is 9.88 Å². The number of amides is 1. The second kappa shape index (κ2) is 7.54. The first-order valence-electron chi connectivity index (χ1n) is 8.06. The molecule has 1 amide bonds. The summed E-state index contributed by atoms with van der Waals surface area (Å²) in [5.41, 5.74) is 0.452. The minimum atomic E-state index is -3.46. The van der Waals surface area contributed by atoms with Crippen molar-refractivity contribution in [2.45, 2.75) is 17.4 Å².